The molecule has 0 saturated carbocycles. The quantitative estimate of drug-likeness (QED) is 0.900. The number of carboxylic acids is 1. The molecule has 0 aliphatic carbocycles. The van der Waals surface area contributed by atoms with Crippen LogP contribution in [0.3, 0.4) is 0 Å². The highest BCUT2D eigenvalue weighted by molar-refractivity contribution is 5.99. The third-order valence-electron chi connectivity index (χ3n) is 4.90. The molecule has 1 amide bonds. The number of rotatable bonds is 4. The maximum absolute atomic E-state index is 13.0. The number of likely N-dealkylation sites (tertiary alicyclic amines) is 1. The Labute approximate surface area is 141 Å². The highest BCUT2D eigenvalue weighted by atomic mass is 16.4. The number of aromatic nitrogens is 1. The molecule has 1 aromatic heterocycles. The Morgan fingerprint density at radius 3 is 2.79 bits per heavy atom. The highest BCUT2D eigenvalue weighted by Crippen LogP contribution is 2.26. The van der Waals surface area contributed by atoms with Crippen molar-refractivity contribution < 1.29 is 14.7 Å². The second kappa shape index (κ2) is 6.67. The first kappa shape index (κ1) is 16.6. The molecule has 5 nitrogen and oxygen atoms in total. The van der Waals surface area contributed by atoms with Crippen LogP contribution < -0.4 is 0 Å². The minimum Gasteiger partial charge on any atom is -0.481 e. The molecule has 0 spiro atoms. The lowest BCUT2D eigenvalue weighted by Crippen LogP contribution is -2.44. The van der Waals surface area contributed by atoms with Gasteiger partial charge in [0.15, 0.2) is 0 Å². The molecule has 1 fully saturated rings. The van der Waals surface area contributed by atoms with Crippen molar-refractivity contribution in [3.05, 3.63) is 35.0 Å². The van der Waals surface area contributed by atoms with E-state index >= 15 is 0 Å². The number of hydrogen-bond donors (Lipinski definition) is 2. The predicted octanol–water partition coefficient (Wildman–Crippen LogP) is 3.64. The fourth-order valence-corrected chi connectivity index (χ4v) is 3.73. The first-order chi connectivity index (χ1) is 11.5. The zero-order chi connectivity index (χ0) is 17.3. The molecule has 2 heterocycles. The van der Waals surface area contributed by atoms with Gasteiger partial charge in [0.1, 0.15) is 5.69 Å². The third kappa shape index (κ3) is 3.30. The van der Waals surface area contributed by atoms with Gasteiger partial charge in [-0.05, 0) is 62.8 Å². The summed E-state index contributed by atoms with van der Waals surface area (Å²) in [7, 11) is 0. The molecule has 2 N–H and O–H groups in total. The molecule has 0 radical (unpaired) electrons. The van der Waals surface area contributed by atoms with Crippen LogP contribution in [0, 0.1) is 13.8 Å². The molecule has 128 valence electrons. The fourth-order valence-electron chi connectivity index (χ4n) is 3.73. The fraction of sp³-hybridized carbons (Fsp3) is 0.474. The molecular formula is C19H24N2O3. The molecular weight excluding hydrogens is 304 g/mol. The second-order valence-corrected chi connectivity index (χ2v) is 6.81. The SMILES string of the molecule is Cc1cc(C)c2cc(C(=O)N3CCCCC3CCC(=O)O)[nH]c2c1. The van der Waals surface area contributed by atoms with Gasteiger partial charge in [0.05, 0.1) is 0 Å². The summed E-state index contributed by atoms with van der Waals surface area (Å²) in [5.74, 6) is -0.817. The Hall–Kier alpha value is -2.30. The smallest absolute Gasteiger partial charge is 0.303 e. The van der Waals surface area contributed by atoms with E-state index in [0.717, 1.165) is 41.3 Å². The molecule has 5 heteroatoms. The molecule has 1 atom stereocenters. The number of carboxylic acid groups (broad SMARTS) is 1. The number of hydrogen-bond acceptors (Lipinski definition) is 2. The lowest BCUT2D eigenvalue weighted by atomic mass is 9.97. The van der Waals surface area contributed by atoms with Crippen molar-refractivity contribution in [2.45, 2.75) is 52.0 Å². The molecule has 1 aromatic carbocycles. The van der Waals surface area contributed by atoms with Gasteiger partial charge in [0.2, 0.25) is 0 Å². The summed E-state index contributed by atoms with van der Waals surface area (Å²) >= 11 is 0. The number of nitrogens with one attached hydrogen (secondary N) is 1. The van der Waals surface area contributed by atoms with Crippen molar-refractivity contribution in [2.24, 2.45) is 0 Å². The van der Waals surface area contributed by atoms with Gasteiger partial charge in [-0.1, -0.05) is 6.07 Å². The number of nitrogens with zero attached hydrogens (tertiary/aromatic N) is 1. The lowest BCUT2D eigenvalue weighted by molar-refractivity contribution is -0.137. The molecule has 1 saturated heterocycles. The maximum Gasteiger partial charge on any atom is 0.303 e. The Morgan fingerprint density at radius 1 is 1.25 bits per heavy atom. The van der Waals surface area contributed by atoms with E-state index < -0.39 is 5.97 Å². The van der Waals surface area contributed by atoms with Gasteiger partial charge in [0.25, 0.3) is 5.91 Å². The van der Waals surface area contributed by atoms with Crippen LogP contribution in [0.15, 0.2) is 18.2 Å². The van der Waals surface area contributed by atoms with E-state index in [1.807, 2.05) is 24.8 Å². The summed E-state index contributed by atoms with van der Waals surface area (Å²) in [4.78, 5) is 28.9. The largest absolute Gasteiger partial charge is 0.481 e. The zero-order valence-electron chi connectivity index (χ0n) is 14.3. The first-order valence-electron chi connectivity index (χ1n) is 8.58. The van der Waals surface area contributed by atoms with Gasteiger partial charge in [-0.3, -0.25) is 9.59 Å². The number of aliphatic carboxylic acids is 1. The van der Waals surface area contributed by atoms with Crippen LogP contribution in [0.1, 0.15) is 53.7 Å². The molecule has 24 heavy (non-hydrogen) atoms. The van der Waals surface area contributed by atoms with Crippen molar-refractivity contribution in [1.29, 1.82) is 0 Å². The van der Waals surface area contributed by atoms with E-state index in [0.29, 0.717) is 18.7 Å². The van der Waals surface area contributed by atoms with E-state index in [2.05, 4.69) is 17.1 Å². The minimum atomic E-state index is -0.801. The van der Waals surface area contributed by atoms with Crippen molar-refractivity contribution in [2.75, 3.05) is 6.54 Å². The van der Waals surface area contributed by atoms with E-state index in [4.69, 9.17) is 5.11 Å². The lowest BCUT2D eigenvalue weighted by Gasteiger charge is -2.35. The molecule has 1 aliphatic rings. The van der Waals surface area contributed by atoms with Crippen LogP contribution in [0.5, 0.6) is 0 Å². The van der Waals surface area contributed by atoms with Gasteiger partial charge in [0, 0.05) is 29.9 Å². The first-order valence-corrected chi connectivity index (χ1v) is 8.58. The van der Waals surface area contributed by atoms with Crippen molar-refractivity contribution >= 4 is 22.8 Å². The minimum absolute atomic E-state index is 0.0154. The number of H-pyrrole nitrogens is 1. The average Bonchev–Trinajstić information content (AvgIpc) is 2.96. The van der Waals surface area contributed by atoms with Crippen molar-refractivity contribution in [3.63, 3.8) is 0 Å². The number of aromatic amines is 1. The Bertz CT molecular complexity index is 778. The Morgan fingerprint density at radius 2 is 2.04 bits per heavy atom. The van der Waals surface area contributed by atoms with Gasteiger partial charge in [-0.25, -0.2) is 0 Å². The summed E-state index contributed by atoms with van der Waals surface area (Å²) in [6.45, 7) is 4.80. The number of amides is 1. The van der Waals surface area contributed by atoms with Crippen LogP contribution >= 0.6 is 0 Å². The Kier molecular flexibility index (Phi) is 4.60. The van der Waals surface area contributed by atoms with Gasteiger partial charge in [-0.2, -0.15) is 0 Å². The normalized spacial score (nSPS) is 18.1. The zero-order valence-corrected chi connectivity index (χ0v) is 14.3. The van der Waals surface area contributed by atoms with Gasteiger partial charge in [-0.15, -0.1) is 0 Å². The summed E-state index contributed by atoms with van der Waals surface area (Å²) in [6.07, 6.45) is 3.56. The Balaban J connectivity index is 1.86. The third-order valence-corrected chi connectivity index (χ3v) is 4.90. The highest BCUT2D eigenvalue weighted by Gasteiger charge is 2.28. The van der Waals surface area contributed by atoms with Gasteiger partial charge < -0.3 is 15.0 Å². The second-order valence-electron chi connectivity index (χ2n) is 6.81. The number of aryl methyl sites for hydroxylation is 2. The number of carbonyl (C=O) groups is 2. The molecule has 1 aliphatic heterocycles. The summed E-state index contributed by atoms with van der Waals surface area (Å²) < 4.78 is 0. The van der Waals surface area contributed by atoms with E-state index in [1.54, 1.807) is 0 Å². The molecule has 3 rings (SSSR count). The van der Waals surface area contributed by atoms with Crippen LogP contribution in [0.2, 0.25) is 0 Å². The number of piperidine rings is 1. The van der Waals surface area contributed by atoms with E-state index in [-0.39, 0.29) is 18.4 Å². The van der Waals surface area contributed by atoms with Crippen LogP contribution in [0.25, 0.3) is 10.9 Å². The van der Waals surface area contributed by atoms with E-state index in [1.165, 1.54) is 0 Å². The van der Waals surface area contributed by atoms with Gasteiger partial charge >= 0.3 is 5.97 Å². The molecule has 1 unspecified atom stereocenters. The van der Waals surface area contributed by atoms with E-state index in [9.17, 15) is 9.59 Å². The van der Waals surface area contributed by atoms with Crippen LogP contribution in [0.4, 0.5) is 0 Å². The standard InChI is InChI=1S/C19H24N2O3/c1-12-9-13(2)15-11-17(20-16(15)10-12)19(24)21-8-4-3-5-14(21)6-7-18(22)23/h9-11,14,20H,3-8H2,1-2H3,(H,22,23). The predicted molar refractivity (Wildman–Crippen MR) is 93.3 cm³/mol. The maximum atomic E-state index is 13.0. The number of carbonyl (C=O) groups excluding carboxylic acids is 1. The number of benzene rings is 1. The van der Waals surface area contributed by atoms with Crippen LogP contribution in [-0.4, -0.2) is 39.5 Å². The average molecular weight is 328 g/mol. The molecule has 0 bridgehead atoms. The summed E-state index contributed by atoms with van der Waals surface area (Å²) in [5.41, 5.74) is 3.90. The monoisotopic (exact) mass is 328 g/mol. The molecule has 2 aromatic rings. The topological polar surface area (TPSA) is 73.4 Å². The summed E-state index contributed by atoms with van der Waals surface area (Å²) in [5, 5.41) is 10.0. The summed E-state index contributed by atoms with van der Waals surface area (Å²) in [6, 6.07) is 6.12. The number of fused-ring (bicyclic) bond motifs is 1. The van der Waals surface area contributed by atoms with Crippen molar-refractivity contribution in [1.82, 2.24) is 9.88 Å². The van der Waals surface area contributed by atoms with Crippen molar-refractivity contribution in [3.8, 4) is 0 Å². The van der Waals surface area contributed by atoms with Crippen LogP contribution in [-0.2, 0) is 4.79 Å².